The van der Waals surface area contributed by atoms with Crippen LogP contribution in [-0.2, 0) is 6.54 Å². The monoisotopic (exact) mass is 392 g/mol. The van der Waals surface area contributed by atoms with E-state index in [1.54, 1.807) is 22.7 Å². The van der Waals surface area contributed by atoms with Gasteiger partial charge in [-0.3, -0.25) is 4.40 Å². The van der Waals surface area contributed by atoms with Gasteiger partial charge in [-0.2, -0.15) is 4.39 Å². The number of rotatable bonds is 4. The van der Waals surface area contributed by atoms with Gasteiger partial charge in [0.25, 0.3) is 0 Å². The molecule has 0 spiro atoms. The van der Waals surface area contributed by atoms with Gasteiger partial charge in [-0.05, 0) is 30.2 Å². The average Bonchev–Trinajstić information content (AvgIpc) is 3.14. The SMILES string of the molecule is Fc1cc(-c2cnc(NCc3c(F)ccc4c3C3CC3O4)n3cnnc23)ccn1. The molecule has 1 saturated carbocycles. The first-order chi connectivity index (χ1) is 14.2. The van der Waals surface area contributed by atoms with Gasteiger partial charge in [0.2, 0.25) is 11.9 Å². The molecule has 29 heavy (non-hydrogen) atoms. The Kier molecular flexibility index (Phi) is 3.35. The molecule has 144 valence electrons. The number of aromatic nitrogens is 5. The van der Waals surface area contributed by atoms with Crippen molar-refractivity contribution in [2.45, 2.75) is 25.0 Å². The number of anilines is 1. The lowest BCUT2D eigenvalue weighted by Crippen LogP contribution is -2.10. The Balaban J connectivity index is 1.36. The molecule has 4 heterocycles. The van der Waals surface area contributed by atoms with Crippen molar-refractivity contribution >= 4 is 11.6 Å². The molecule has 3 aromatic heterocycles. The highest BCUT2D eigenvalue weighted by Gasteiger charge is 2.49. The van der Waals surface area contributed by atoms with Crippen LogP contribution >= 0.6 is 0 Å². The third-order valence-corrected chi connectivity index (χ3v) is 5.43. The molecule has 2 aliphatic rings. The van der Waals surface area contributed by atoms with Crippen molar-refractivity contribution in [3.8, 4) is 16.9 Å². The largest absolute Gasteiger partial charge is 0.489 e. The molecule has 2 atom stereocenters. The summed E-state index contributed by atoms with van der Waals surface area (Å²) in [5.41, 5.74) is 3.27. The minimum absolute atomic E-state index is 0.188. The summed E-state index contributed by atoms with van der Waals surface area (Å²) in [5, 5.41) is 11.3. The Morgan fingerprint density at radius 1 is 1.21 bits per heavy atom. The second-order valence-electron chi connectivity index (χ2n) is 7.18. The third-order valence-electron chi connectivity index (χ3n) is 5.43. The van der Waals surface area contributed by atoms with E-state index in [-0.39, 0.29) is 24.4 Å². The fourth-order valence-electron chi connectivity index (χ4n) is 3.97. The van der Waals surface area contributed by atoms with Gasteiger partial charge in [-0.25, -0.2) is 14.4 Å². The van der Waals surface area contributed by atoms with Crippen LogP contribution in [0, 0.1) is 11.8 Å². The van der Waals surface area contributed by atoms with Gasteiger partial charge in [0.05, 0.1) is 0 Å². The summed E-state index contributed by atoms with van der Waals surface area (Å²) in [6, 6.07) is 6.12. The standard InChI is InChI=1S/C20H14F2N6O/c21-14-1-2-15-18(11-6-16(11)29-15)13(14)8-25-20-24-7-12(19-27-26-9-28(19)20)10-3-4-23-17(22)5-10/h1-5,7,9,11,16H,6,8H2,(H,24,25). The maximum Gasteiger partial charge on any atom is 0.213 e. The topological polar surface area (TPSA) is 77.2 Å². The normalized spacial score (nSPS) is 19.0. The molecular formula is C20H14F2N6O. The van der Waals surface area contributed by atoms with E-state index in [1.165, 1.54) is 24.7 Å². The Morgan fingerprint density at radius 2 is 2.14 bits per heavy atom. The Hall–Kier alpha value is -3.62. The molecular weight excluding hydrogens is 378 g/mol. The van der Waals surface area contributed by atoms with Gasteiger partial charge in [-0.15, -0.1) is 10.2 Å². The van der Waals surface area contributed by atoms with Crippen LogP contribution in [0.2, 0.25) is 0 Å². The third kappa shape index (κ3) is 2.54. The van der Waals surface area contributed by atoms with Crippen molar-refractivity contribution < 1.29 is 13.5 Å². The molecule has 1 aliphatic heterocycles. The molecule has 1 fully saturated rings. The summed E-state index contributed by atoms with van der Waals surface area (Å²) >= 11 is 0. The van der Waals surface area contributed by atoms with Crippen LogP contribution in [0.4, 0.5) is 14.7 Å². The Labute approximate surface area is 163 Å². The summed E-state index contributed by atoms with van der Waals surface area (Å²) in [4.78, 5) is 8.00. The summed E-state index contributed by atoms with van der Waals surface area (Å²) in [7, 11) is 0. The fourth-order valence-corrected chi connectivity index (χ4v) is 3.97. The number of benzene rings is 1. The second kappa shape index (κ2) is 5.94. The molecule has 0 amide bonds. The van der Waals surface area contributed by atoms with Crippen LogP contribution in [0.15, 0.2) is 43.0 Å². The van der Waals surface area contributed by atoms with E-state index in [0.717, 1.165) is 17.7 Å². The number of fused-ring (bicyclic) bond motifs is 4. The summed E-state index contributed by atoms with van der Waals surface area (Å²) in [6.07, 6.45) is 5.61. The van der Waals surface area contributed by atoms with Crippen molar-refractivity contribution in [3.05, 3.63) is 65.9 Å². The second-order valence-corrected chi connectivity index (χ2v) is 7.18. The molecule has 1 N–H and O–H groups in total. The van der Waals surface area contributed by atoms with Gasteiger partial charge in [0.15, 0.2) is 5.65 Å². The van der Waals surface area contributed by atoms with E-state index < -0.39 is 5.95 Å². The van der Waals surface area contributed by atoms with Crippen LogP contribution in [0.3, 0.4) is 0 Å². The van der Waals surface area contributed by atoms with Gasteiger partial charge in [0, 0.05) is 47.6 Å². The Bertz CT molecular complexity index is 1270. The first kappa shape index (κ1) is 16.3. The zero-order valence-electron chi connectivity index (χ0n) is 15.0. The van der Waals surface area contributed by atoms with E-state index in [9.17, 15) is 8.78 Å². The van der Waals surface area contributed by atoms with E-state index in [4.69, 9.17) is 4.74 Å². The van der Waals surface area contributed by atoms with Crippen molar-refractivity contribution in [2.24, 2.45) is 0 Å². The quantitative estimate of drug-likeness (QED) is 0.537. The van der Waals surface area contributed by atoms with Gasteiger partial charge in [-0.1, -0.05) is 0 Å². The predicted molar refractivity (Wildman–Crippen MR) is 99.5 cm³/mol. The number of halogens is 2. The van der Waals surface area contributed by atoms with E-state index in [1.807, 2.05) is 0 Å². The van der Waals surface area contributed by atoms with Gasteiger partial charge >= 0.3 is 0 Å². The molecule has 4 aromatic rings. The lowest BCUT2D eigenvalue weighted by molar-refractivity contribution is 0.318. The zero-order valence-corrected chi connectivity index (χ0v) is 15.0. The van der Waals surface area contributed by atoms with Crippen molar-refractivity contribution in [1.82, 2.24) is 24.6 Å². The smallest absolute Gasteiger partial charge is 0.213 e. The fraction of sp³-hybridized carbons (Fsp3) is 0.200. The first-order valence-corrected chi connectivity index (χ1v) is 9.21. The first-order valence-electron chi connectivity index (χ1n) is 9.21. The molecule has 9 heteroatoms. The van der Waals surface area contributed by atoms with Crippen LogP contribution in [0.25, 0.3) is 16.8 Å². The number of pyridine rings is 1. The van der Waals surface area contributed by atoms with Gasteiger partial charge < -0.3 is 10.1 Å². The number of nitrogens with zero attached hydrogens (tertiary/aromatic N) is 5. The van der Waals surface area contributed by atoms with E-state index in [0.29, 0.717) is 28.3 Å². The number of ether oxygens (including phenoxy) is 1. The molecule has 0 radical (unpaired) electrons. The Morgan fingerprint density at radius 3 is 3.03 bits per heavy atom. The molecule has 7 nitrogen and oxygen atoms in total. The lowest BCUT2D eigenvalue weighted by Gasteiger charge is -2.13. The predicted octanol–water partition coefficient (Wildman–Crippen LogP) is 3.32. The minimum Gasteiger partial charge on any atom is -0.489 e. The van der Waals surface area contributed by atoms with Crippen LogP contribution in [0.5, 0.6) is 5.75 Å². The zero-order chi connectivity index (χ0) is 19.5. The summed E-state index contributed by atoms with van der Waals surface area (Å²) in [6.45, 7) is 0.255. The molecule has 6 rings (SSSR count). The van der Waals surface area contributed by atoms with Gasteiger partial charge in [0.1, 0.15) is 24.0 Å². The molecule has 0 saturated heterocycles. The highest BCUT2D eigenvalue weighted by atomic mass is 19.1. The van der Waals surface area contributed by atoms with Crippen LogP contribution in [0.1, 0.15) is 23.5 Å². The number of nitrogens with one attached hydrogen (secondary N) is 1. The van der Waals surface area contributed by atoms with Crippen molar-refractivity contribution in [2.75, 3.05) is 5.32 Å². The minimum atomic E-state index is -0.587. The van der Waals surface area contributed by atoms with E-state index in [2.05, 4.69) is 25.5 Å². The van der Waals surface area contributed by atoms with Crippen LogP contribution < -0.4 is 10.1 Å². The summed E-state index contributed by atoms with van der Waals surface area (Å²) < 4.78 is 35.5. The lowest BCUT2D eigenvalue weighted by atomic mass is 10.0. The maximum atomic E-state index is 14.5. The molecule has 2 unspecified atom stereocenters. The van der Waals surface area contributed by atoms with Crippen molar-refractivity contribution in [3.63, 3.8) is 0 Å². The molecule has 0 bridgehead atoms. The average molecular weight is 392 g/mol. The van der Waals surface area contributed by atoms with Crippen molar-refractivity contribution in [1.29, 1.82) is 0 Å². The highest BCUT2D eigenvalue weighted by Crippen LogP contribution is 2.55. The molecule has 1 aromatic carbocycles. The highest BCUT2D eigenvalue weighted by molar-refractivity contribution is 5.77. The molecule has 1 aliphatic carbocycles. The van der Waals surface area contributed by atoms with E-state index >= 15 is 0 Å². The maximum absolute atomic E-state index is 14.5. The van der Waals surface area contributed by atoms with Crippen LogP contribution in [-0.4, -0.2) is 30.7 Å². The summed E-state index contributed by atoms with van der Waals surface area (Å²) in [5.74, 6) is 0.658. The number of hydrogen-bond acceptors (Lipinski definition) is 6. The number of hydrogen-bond donors (Lipinski definition) is 1.